The second-order valence-corrected chi connectivity index (χ2v) is 9.41. The molecule has 0 aliphatic rings. The third kappa shape index (κ3) is 5.61. The molecule has 2 aromatic heterocycles. The third-order valence-corrected chi connectivity index (χ3v) is 6.86. The van der Waals surface area contributed by atoms with Gasteiger partial charge in [0.2, 0.25) is 0 Å². The van der Waals surface area contributed by atoms with Crippen LogP contribution >= 0.6 is 11.8 Å². The number of rotatable bonds is 8. The summed E-state index contributed by atoms with van der Waals surface area (Å²) >= 11 is 1.71. The molecule has 0 atom stereocenters. The summed E-state index contributed by atoms with van der Waals surface area (Å²) in [5.41, 5.74) is 7.08. The number of hydrogen-bond donors (Lipinski definition) is 1. The number of aryl methyl sites for hydroxylation is 1. The third-order valence-electron chi connectivity index (χ3n) is 5.81. The van der Waals surface area contributed by atoms with Gasteiger partial charge in [-0.3, -0.25) is 9.36 Å². The van der Waals surface area contributed by atoms with Crippen molar-refractivity contribution in [2.75, 3.05) is 0 Å². The van der Waals surface area contributed by atoms with E-state index in [4.69, 9.17) is 4.98 Å². The van der Waals surface area contributed by atoms with E-state index in [2.05, 4.69) is 46.1 Å². The van der Waals surface area contributed by atoms with Crippen molar-refractivity contribution < 1.29 is 4.79 Å². The molecule has 0 radical (unpaired) electrons. The molecule has 35 heavy (non-hydrogen) atoms. The van der Waals surface area contributed by atoms with Gasteiger partial charge in [0.05, 0.1) is 6.54 Å². The van der Waals surface area contributed by atoms with Crippen LogP contribution in [-0.4, -0.2) is 20.4 Å². The number of nitrogens with one attached hydrogen (secondary N) is 1. The molecule has 3 aromatic carbocycles. The van der Waals surface area contributed by atoms with Gasteiger partial charge in [-0.15, -0.1) is 0 Å². The number of benzene rings is 3. The number of aromatic nitrogens is 3. The lowest BCUT2D eigenvalue weighted by Gasteiger charge is -2.10. The Balaban J connectivity index is 1.30. The number of imidazole rings is 1. The maximum atomic E-state index is 12.6. The number of fused-ring (bicyclic) bond motifs is 1. The van der Waals surface area contributed by atoms with Crippen LogP contribution in [0, 0.1) is 6.92 Å². The SMILES string of the molecule is Cc1ccc(CSc2nc3cccnc3n2Cc2ccc(C(=O)NCc3ccccc3)cc2)cc1. The average molecular weight is 479 g/mol. The largest absolute Gasteiger partial charge is 0.348 e. The fourth-order valence-corrected chi connectivity index (χ4v) is 4.80. The van der Waals surface area contributed by atoms with E-state index in [0.29, 0.717) is 18.7 Å². The summed E-state index contributed by atoms with van der Waals surface area (Å²) < 4.78 is 2.15. The Morgan fingerprint density at radius 1 is 0.857 bits per heavy atom. The fraction of sp³-hybridized carbons (Fsp3) is 0.138. The first-order valence-electron chi connectivity index (χ1n) is 11.6. The van der Waals surface area contributed by atoms with Crippen molar-refractivity contribution in [3.8, 4) is 0 Å². The van der Waals surface area contributed by atoms with Crippen LogP contribution in [0.1, 0.15) is 32.6 Å². The molecule has 1 amide bonds. The van der Waals surface area contributed by atoms with Crippen molar-refractivity contribution in [1.29, 1.82) is 0 Å². The highest BCUT2D eigenvalue weighted by molar-refractivity contribution is 7.98. The molecule has 5 rings (SSSR count). The van der Waals surface area contributed by atoms with Crippen LogP contribution in [0.25, 0.3) is 11.2 Å². The normalized spacial score (nSPS) is 11.0. The van der Waals surface area contributed by atoms with Crippen molar-refractivity contribution in [2.45, 2.75) is 30.9 Å². The molecule has 0 aliphatic carbocycles. The predicted molar refractivity (Wildman–Crippen MR) is 141 cm³/mol. The highest BCUT2D eigenvalue weighted by Crippen LogP contribution is 2.27. The van der Waals surface area contributed by atoms with Gasteiger partial charge >= 0.3 is 0 Å². The zero-order chi connectivity index (χ0) is 24.0. The highest BCUT2D eigenvalue weighted by atomic mass is 32.2. The van der Waals surface area contributed by atoms with Crippen LogP contribution in [-0.2, 0) is 18.8 Å². The van der Waals surface area contributed by atoms with E-state index in [1.54, 1.807) is 18.0 Å². The minimum Gasteiger partial charge on any atom is -0.348 e. The second kappa shape index (κ2) is 10.6. The van der Waals surface area contributed by atoms with Crippen LogP contribution in [0.15, 0.2) is 102 Å². The van der Waals surface area contributed by atoms with Gasteiger partial charge in [-0.25, -0.2) is 9.97 Å². The van der Waals surface area contributed by atoms with E-state index in [0.717, 1.165) is 33.2 Å². The van der Waals surface area contributed by atoms with E-state index < -0.39 is 0 Å². The van der Waals surface area contributed by atoms with Gasteiger partial charge < -0.3 is 5.32 Å². The van der Waals surface area contributed by atoms with Gasteiger partial charge in [0.15, 0.2) is 10.8 Å². The molecule has 5 aromatic rings. The minimum atomic E-state index is -0.0792. The molecular weight excluding hydrogens is 452 g/mol. The molecule has 6 heteroatoms. The monoisotopic (exact) mass is 478 g/mol. The molecular formula is C29H26N4OS. The lowest BCUT2D eigenvalue weighted by atomic mass is 10.1. The predicted octanol–water partition coefficient (Wildman–Crippen LogP) is 6.01. The van der Waals surface area contributed by atoms with Crippen molar-refractivity contribution in [2.24, 2.45) is 0 Å². The quantitative estimate of drug-likeness (QED) is 0.278. The molecule has 0 fully saturated rings. The molecule has 0 aliphatic heterocycles. The van der Waals surface area contributed by atoms with Crippen LogP contribution in [0.4, 0.5) is 0 Å². The molecule has 2 heterocycles. The molecule has 0 unspecified atom stereocenters. The van der Waals surface area contributed by atoms with Crippen LogP contribution < -0.4 is 5.32 Å². The van der Waals surface area contributed by atoms with Gasteiger partial charge in [-0.2, -0.15) is 0 Å². The number of carbonyl (C=O) groups excluding carboxylic acids is 1. The summed E-state index contributed by atoms with van der Waals surface area (Å²) in [5.74, 6) is 0.758. The Labute approximate surface area is 209 Å². The Bertz CT molecular complexity index is 1430. The Morgan fingerprint density at radius 3 is 2.37 bits per heavy atom. The van der Waals surface area contributed by atoms with Crippen LogP contribution in [0.5, 0.6) is 0 Å². The molecule has 1 N–H and O–H groups in total. The first kappa shape index (κ1) is 22.9. The fourth-order valence-electron chi connectivity index (χ4n) is 3.85. The van der Waals surface area contributed by atoms with E-state index in [1.165, 1.54) is 11.1 Å². The molecule has 0 spiro atoms. The van der Waals surface area contributed by atoms with Gasteiger partial charge in [0, 0.05) is 24.1 Å². The smallest absolute Gasteiger partial charge is 0.251 e. The molecule has 0 saturated carbocycles. The van der Waals surface area contributed by atoms with Gasteiger partial charge in [-0.05, 0) is 47.9 Å². The summed E-state index contributed by atoms with van der Waals surface area (Å²) in [6.07, 6.45) is 1.80. The highest BCUT2D eigenvalue weighted by Gasteiger charge is 2.13. The van der Waals surface area contributed by atoms with E-state index >= 15 is 0 Å². The lowest BCUT2D eigenvalue weighted by Crippen LogP contribution is -2.22. The van der Waals surface area contributed by atoms with E-state index in [1.807, 2.05) is 66.7 Å². The summed E-state index contributed by atoms with van der Waals surface area (Å²) in [5, 5.41) is 3.92. The van der Waals surface area contributed by atoms with Crippen molar-refractivity contribution in [1.82, 2.24) is 19.9 Å². The average Bonchev–Trinajstić information content (AvgIpc) is 3.25. The summed E-state index contributed by atoms with van der Waals surface area (Å²) in [6.45, 7) is 3.24. The lowest BCUT2D eigenvalue weighted by molar-refractivity contribution is 0.0951. The number of nitrogens with zero attached hydrogens (tertiary/aromatic N) is 3. The number of hydrogen-bond acceptors (Lipinski definition) is 4. The number of pyridine rings is 1. The van der Waals surface area contributed by atoms with E-state index in [9.17, 15) is 4.79 Å². The summed E-state index contributed by atoms with van der Waals surface area (Å²) in [4.78, 5) is 22.0. The zero-order valence-electron chi connectivity index (χ0n) is 19.5. The summed E-state index contributed by atoms with van der Waals surface area (Å²) in [6, 6.07) is 30.2. The second-order valence-electron chi connectivity index (χ2n) is 8.47. The van der Waals surface area contributed by atoms with Gasteiger partial charge in [0.1, 0.15) is 5.52 Å². The molecule has 0 saturated heterocycles. The molecule has 0 bridgehead atoms. The number of amides is 1. The topological polar surface area (TPSA) is 59.8 Å². The van der Waals surface area contributed by atoms with Gasteiger partial charge in [-0.1, -0.05) is 84.1 Å². The Morgan fingerprint density at radius 2 is 1.60 bits per heavy atom. The number of carbonyl (C=O) groups is 1. The first-order chi connectivity index (χ1) is 17.2. The maximum Gasteiger partial charge on any atom is 0.251 e. The van der Waals surface area contributed by atoms with Crippen molar-refractivity contribution in [3.05, 3.63) is 125 Å². The van der Waals surface area contributed by atoms with E-state index in [-0.39, 0.29) is 5.91 Å². The first-order valence-corrected chi connectivity index (χ1v) is 12.5. The van der Waals surface area contributed by atoms with Crippen molar-refractivity contribution >= 4 is 28.8 Å². The van der Waals surface area contributed by atoms with Crippen molar-refractivity contribution in [3.63, 3.8) is 0 Å². The maximum absolute atomic E-state index is 12.6. The standard InChI is InChI=1S/C29H26N4OS/c1-21-9-11-24(12-10-21)20-35-29-32-26-8-5-17-30-27(26)33(29)19-23-13-15-25(16-14-23)28(34)31-18-22-6-3-2-4-7-22/h2-17H,18-20H2,1H3,(H,31,34). The van der Waals surface area contributed by atoms with Crippen LogP contribution in [0.2, 0.25) is 0 Å². The zero-order valence-corrected chi connectivity index (χ0v) is 20.3. The Hall–Kier alpha value is -3.90. The molecule has 174 valence electrons. The number of thioether (sulfide) groups is 1. The minimum absolute atomic E-state index is 0.0792. The Kier molecular flexibility index (Phi) is 6.91. The van der Waals surface area contributed by atoms with Gasteiger partial charge in [0.25, 0.3) is 5.91 Å². The van der Waals surface area contributed by atoms with Crippen LogP contribution in [0.3, 0.4) is 0 Å². The molecule has 5 nitrogen and oxygen atoms in total. The summed E-state index contributed by atoms with van der Waals surface area (Å²) in [7, 11) is 0.